The third kappa shape index (κ3) is 2.57. The van der Waals surface area contributed by atoms with E-state index in [9.17, 15) is 14.4 Å². The van der Waals surface area contributed by atoms with E-state index in [0.717, 1.165) is 9.13 Å². The number of aromatic amines is 1. The molecule has 1 aromatic heterocycles. The van der Waals surface area contributed by atoms with Gasteiger partial charge in [-0.2, -0.15) is 25.3 Å². The number of nitrogens with one attached hydrogen (secondary N) is 1. The van der Waals surface area contributed by atoms with E-state index in [2.05, 4.69) is 30.2 Å². The van der Waals surface area contributed by atoms with Crippen molar-refractivity contribution >= 4 is 25.3 Å². The molecule has 0 bridgehead atoms. The van der Waals surface area contributed by atoms with Crippen LogP contribution in [0.4, 0.5) is 0 Å². The van der Waals surface area contributed by atoms with Crippen molar-refractivity contribution in [2.75, 3.05) is 11.5 Å². The van der Waals surface area contributed by atoms with Crippen molar-refractivity contribution in [1.82, 2.24) is 14.1 Å². The highest BCUT2D eigenvalue weighted by Gasteiger charge is 2.07. The minimum Gasteiger partial charge on any atom is -0.259 e. The number of H-pyrrole nitrogens is 1. The smallest absolute Gasteiger partial charge is 0.259 e. The largest absolute Gasteiger partial charge is 0.336 e. The van der Waals surface area contributed by atoms with Gasteiger partial charge in [0.15, 0.2) is 0 Å². The van der Waals surface area contributed by atoms with E-state index in [4.69, 9.17) is 0 Å². The summed E-state index contributed by atoms with van der Waals surface area (Å²) in [7, 11) is 0. The highest BCUT2D eigenvalue weighted by Crippen LogP contribution is 1.78. The number of hydrogen-bond acceptors (Lipinski definition) is 5. The van der Waals surface area contributed by atoms with Crippen LogP contribution in [-0.4, -0.2) is 25.6 Å². The highest BCUT2D eigenvalue weighted by molar-refractivity contribution is 7.80. The normalized spacial score (nSPS) is 10.5. The Morgan fingerprint density at radius 2 is 1.33 bits per heavy atom. The van der Waals surface area contributed by atoms with Crippen molar-refractivity contribution in [2.45, 2.75) is 13.1 Å². The molecule has 0 saturated heterocycles. The van der Waals surface area contributed by atoms with Crippen LogP contribution >= 0.6 is 25.3 Å². The molecule has 0 spiro atoms. The van der Waals surface area contributed by atoms with Gasteiger partial charge < -0.3 is 0 Å². The minimum atomic E-state index is -0.700. The Morgan fingerprint density at radius 3 is 1.67 bits per heavy atom. The molecule has 1 aromatic rings. The Hall–Kier alpha value is -0.890. The van der Waals surface area contributed by atoms with Crippen LogP contribution in [0.5, 0.6) is 0 Å². The molecule has 0 atom stereocenters. The number of hydrogen-bond donors (Lipinski definition) is 3. The molecule has 0 saturated carbocycles. The maximum absolute atomic E-state index is 11.6. The fourth-order valence-corrected chi connectivity index (χ4v) is 1.54. The molecule has 1 N–H and O–H groups in total. The lowest BCUT2D eigenvalue weighted by Gasteiger charge is -2.05. The topological polar surface area (TPSA) is 76.9 Å². The summed E-state index contributed by atoms with van der Waals surface area (Å²) in [6.45, 7) is 0.342. The monoisotopic (exact) mass is 249 g/mol. The van der Waals surface area contributed by atoms with Gasteiger partial charge in [0.25, 0.3) is 0 Å². The summed E-state index contributed by atoms with van der Waals surface area (Å²) in [4.78, 5) is 36.2. The average molecular weight is 249 g/mol. The molecule has 0 aliphatic rings. The lowest BCUT2D eigenvalue weighted by molar-refractivity contribution is 0.545. The minimum absolute atomic E-state index is 0.171. The van der Waals surface area contributed by atoms with Crippen LogP contribution in [0.3, 0.4) is 0 Å². The van der Waals surface area contributed by atoms with Crippen LogP contribution in [0.2, 0.25) is 0 Å². The summed E-state index contributed by atoms with van der Waals surface area (Å²) in [5.41, 5.74) is -2.02. The summed E-state index contributed by atoms with van der Waals surface area (Å²) in [6, 6.07) is 0. The summed E-state index contributed by atoms with van der Waals surface area (Å²) < 4.78 is 1.88. The van der Waals surface area contributed by atoms with Crippen molar-refractivity contribution in [1.29, 1.82) is 0 Å². The van der Waals surface area contributed by atoms with Gasteiger partial charge in [-0.1, -0.05) is 0 Å². The fraction of sp³-hybridized carbons (Fsp3) is 0.571. The third-order valence-corrected chi connectivity index (χ3v) is 2.21. The van der Waals surface area contributed by atoms with Crippen LogP contribution in [0.25, 0.3) is 0 Å². The third-order valence-electron chi connectivity index (χ3n) is 1.81. The van der Waals surface area contributed by atoms with Gasteiger partial charge in [0.2, 0.25) is 0 Å². The van der Waals surface area contributed by atoms with Crippen LogP contribution in [0.1, 0.15) is 0 Å². The first kappa shape index (κ1) is 12.2. The molecule has 8 heteroatoms. The van der Waals surface area contributed by atoms with Crippen LogP contribution < -0.4 is 17.1 Å². The lowest BCUT2D eigenvalue weighted by Crippen LogP contribution is -2.49. The Balaban J connectivity index is 3.43. The molecule has 0 aromatic carbocycles. The van der Waals surface area contributed by atoms with Crippen molar-refractivity contribution in [3.05, 3.63) is 31.5 Å². The second-order valence-corrected chi connectivity index (χ2v) is 3.66. The molecule has 0 amide bonds. The second kappa shape index (κ2) is 5.26. The fourth-order valence-electron chi connectivity index (χ4n) is 1.14. The summed E-state index contributed by atoms with van der Waals surface area (Å²) >= 11 is 7.85. The Morgan fingerprint density at radius 1 is 0.933 bits per heavy atom. The predicted octanol–water partition coefficient (Wildman–Crippen LogP) is -1.44. The van der Waals surface area contributed by atoms with Crippen molar-refractivity contribution < 1.29 is 0 Å². The second-order valence-electron chi connectivity index (χ2n) is 2.77. The Labute approximate surface area is 95.8 Å². The summed E-state index contributed by atoms with van der Waals surface area (Å²) in [6.07, 6.45) is 0. The first-order valence-electron chi connectivity index (χ1n) is 4.27. The van der Waals surface area contributed by atoms with Crippen molar-refractivity contribution in [3.8, 4) is 0 Å². The van der Waals surface area contributed by atoms with Gasteiger partial charge in [-0.15, -0.1) is 0 Å². The van der Waals surface area contributed by atoms with Gasteiger partial charge in [0.1, 0.15) is 0 Å². The maximum Gasteiger partial charge on any atom is 0.336 e. The zero-order valence-electron chi connectivity index (χ0n) is 7.84. The maximum atomic E-state index is 11.6. The van der Waals surface area contributed by atoms with Gasteiger partial charge in [0.05, 0.1) is 0 Å². The average Bonchev–Trinajstić information content (AvgIpc) is 2.19. The van der Waals surface area contributed by atoms with Crippen LogP contribution in [0, 0.1) is 0 Å². The van der Waals surface area contributed by atoms with E-state index in [-0.39, 0.29) is 13.1 Å². The van der Waals surface area contributed by atoms with E-state index < -0.39 is 17.1 Å². The molecule has 1 rings (SSSR count). The molecule has 6 nitrogen and oxygen atoms in total. The molecule has 1 heterocycles. The molecular weight excluding hydrogens is 238 g/mol. The predicted molar refractivity (Wildman–Crippen MR) is 63.3 cm³/mol. The van der Waals surface area contributed by atoms with Gasteiger partial charge in [-0.3, -0.25) is 4.98 Å². The van der Waals surface area contributed by atoms with E-state index in [1.165, 1.54) is 0 Å². The molecular formula is C7H11N3O3S2. The summed E-state index contributed by atoms with van der Waals surface area (Å²) in [5.74, 6) is 0.699. The zero-order chi connectivity index (χ0) is 11.4. The van der Waals surface area contributed by atoms with E-state index in [0.29, 0.717) is 11.5 Å². The lowest BCUT2D eigenvalue weighted by atomic mass is 10.6. The number of rotatable bonds is 4. The molecule has 0 radical (unpaired) electrons. The quantitative estimate of drug-likeness (QED) is 0.572. The molecule has 0 aliphatic heterocycles. The summed E-state index contributed by atoms with van der Waals surface area (Å²) in [5, 5.41) is 0. The number of nitrogens with zero attached hydrogens (tertiary/aromatic N) is 2. The first-order chi connectivity index (χ1) is 7.11. The SMILES string of the molecule is O=c1[nH]c(=O)n(CCS)c(=O)n1CCS. The molecule has 0 aliphatic carbocycles. The van der Waals surface area contributed by atoms with Gasteiger partial charge in [0, 0.05) is 24.6 Å². The van der Waals surface area contributed by atoms with Gasteiger partial charge >= 0.3 is 17.1 Å². The van der Waals surface area contributed by atoms with Crippen LogP contribution in [0.15, 0.2) is 14.4 Å². The number of thiol groups is 2. The highest BCUT2D eigenvalue weighted by atomic mass is 32.1. The standard InChI is InChI=1S/C7H11N3O3S2/c11-5-8-6(12)10(2-4-15)7(13)9(5)1-3-14/h14-15H,1-4H2,(H,8,11,12). The molecule has 0 unspecified atom stereocenters. The van der Waals surface area contributed by atoms with Crippen molar-refractivity contribution in [2.24, 2.45) is 0 Å². The van der Waals surface area contributed by atoms with Gasteiger partial charge in [-0.25, -0.2) is 23.5 Å². The van der Waals surface area contributed by atoms with Crippen LogP contribution in [-0.2, 0) is 13.1 Å². The molecule has 15 heavy (non-hydrogen) atoms. The Kier molecular flexibility index (Phi) is 4.28. The van der Waals surface area contributed by atoms with Crippen molar-refractivity contribution in [3.63, 3.8) is 0 Å². The molecule has 84 valence electrons. The van der Waals surface area contributed by atoms with E-state index in [1.54, 1.807) is 0 Å². The first-order valence-corrected chi connectivity index (χ1v) is 5.54. The molecule has 0 fully saturated rings. The zero-order valence-corrected chi connectivity index (χ0v) is 9.63. The van der Waals surface area contributed by atoms with E-state index >= 15 is 0 Å². The van der Waals surface area contributed by atoms with Gasteiger partial charge in [-0.05, 0) is 0 Å². The Bertz CT molecular complexity index is 460. The number of aromatic nitrogens is 3. The van der Waals surface area contributed by atoms with E-state index in [1.807, 2.05) is 0 Å².